The lowest BCUT2D eigenvalue weighted by molar-refractivity contribution is -0.120. The molecule has 6 heteroatoms. The van der Waals surface area contributed by atoms with E-state index in [1.54, 1.807) is 20.5 Å². The zero-order chi connectivity index (χ0) is 17.3. The molecule has 0 unspecified atom stereocenters. The van der Waals surface area contributed by atoms with Gasteiger partial charge in [0.25, 0.3) is 5.91 Å². The molecule has 1 saturated heterocycles. The summed E-state index contributed by atoms with van der Waals surface area (Å²) in [6.45, 7) is 7.74. The molecule has 0 aliphatic carbocycles. The van der Waals surface area contributed by atoms with Crippen LogP contribution in [0.25, 0.3) is 0 Å². The summed E-state index contributed by atoms with van der Waals surface area (Å²) < 4.78 is 1.79. The summed E-state index contributed by atoms with van der Waals surface area (Å²) in [5, 5.41) is 4.32. The third kappa shape index (κ3) is 3.04. The number of aromatic nitrogens is 2. The zero-order valence-corrected chi connectivity index (χ0v) is 14.3. The van der Waals surface area contributed by atoms with Gasteiger partial charge in [0, 0.05) is 31.0 Å². The average Bonchev–Trinajstić information content (AvgIpc) is 2.96. The smallest absolute Gasteiger partial charge is 0.274 e. The van der Waals surface area contributed by atoms with Crippen LogP contribution in [0.4, 0.5) is 5.69 Å². The summed E-state index contributed by atoms with van der Waals surface area (Å²) in [7, 11) is 0. The standard InChI is InChI=1S/C18H22N4O2/c1-4-22-14(3)11-16(19-22)18(24)20-9-10-21(17(23)12-20)15-7-5-13(2)6-8-15/h5-8,11H,4,9-10,12H2,1-3H3. The van der Waals surface area contributed by atoms with Gasteiger partial charge in [-0.2, -0.15) is 5.10 Å². The Kier molecular flexibility index (Phi) is 4.38. The Morgan fingerprint density at radius 3 is 2.46 bits per heavy atom. The molecule has 126 valence electrons. The van der Waals surface area contributed by atoms with Gasteiger partial charge in [0.2, 0.25) is 5.91 Å². The van der Waals surface area contributed by atoms with E-state index in [1.807, 2.05) is 45.0 Å². The number of nitrogens with zero attached hydrogens (tertiary/aromatic N) is 4. The van der Waals surface area contributed by atoms with Crippen LogP contribution in [0.15, 0.2) is 30.3 Å². The molecule has 24 heavy (non-hydrogen) atoms. The minimum absolute atomic E-state index is 0.0647. The fourth-order valence-electron chi connectivity index (χ4n) is 2.94. The van der Waals surface area contributed by atoms with Crippen LogP contribution >= 0.6 is 0 Å². The molecule has 1 fully saturated rings. The highest BCUT2D eigenvalue weighted by molar-refractivity contribution is 6.01. The van der Waals surface area contributed by atoms with E-state index in [0.717, 1.165) is 23.5 Å². The Hall–Kier alpha value is -2.63. The number of carbonyl (C=O) groups is 2. The summed E-state index contributed by atoms with van der Waals surface area (Å²) >= 11 is 0. The van der Waals surface area contributed by atoms with Crippen LogP contribution in [-0.2, 0) is 11.3 Å². The molecule has 1 aliphatic rings. The second-order valence-electron chi connectivity index (χ2n) is 6.09. The number of carbonyl (C=O) groups excluding carboxylic acids is 2. The molecule has 3 rings (SSSR count). The van der Waals surface area contributed by atoms with Gasteiger partial charge in [0.05, 0.1) is 0 Å². The molecule has 0 N–H and O–H groups in total. The molecule has 0 radical (unpaired) electrons. The molecule has 2 aromatic rings. The van der Waals surface area contributed by atoms with Crippen molar-refractivity contribution >= 4 is 17.5 Å². The number of aryl methyl sites for hydroxylation is 3. The van der Waals surface area contributed by atoms with Crippen LogP contribution in [0, 0.1) is 13.8 Å². The molecule has 2 amide bonds. The topological polar surface area (TPSA) is 58.4 Å². The van der Waals surface area contributed by atoms with E-state index >= 15 is 0 Å². The van der Waals surface area contributed by atoms with Crippen molar-refractivity contribution in [3.05, 3.63) is 47.3 Å². The van der Waals surface area contributed by atoms with Crippen molar-refractivity contribution in [2.24, 2.45) is 0 Å². The normalized spacial score (nSPS) is 15.0. The fourth-order valence-corrected chi connectivity index (χ4v) is 2.94. The van der Waals surface area contributed by atoms with Gasteiger partial charge in [-0.3, -0.25) is 14.3 Å². The quantitative estimate of drug-likeness (QED) is 0.867. The van der Waals surface area contributed by atoms with E-state index < -0.39 is 0 Å². The predicted octanol–water partition coefficient (Wildman–Crippen LogP) is 2.01. The van der Waals surface area contributed by atoms with Gasteiger partial charge in [0.1, 0.15) is 6.54 Å². The lowest BCUT2D eigenvalue weighted by Crippen LogP contribution is -2.52. The van der Waals surface area contributed by atoms with Gasteiger partial charge in [-0.1, -0.05) is 17.7 Å². The van der Waals surface area contributed by atoms with Crippen molar-refractivity contribution < 1.29 is 9.59 Å². The number of piperazine rings is 1. The van der Waals surface area contributed by atoms with Crippen LogP contribution in [0.5, 0.6) is 0 Å². The molecule has 0 saturated carbocycles. The minimum Gasteiger partial charge on any atom is -0.326 e. The molecule has 0 spiro atoms. The van der Waals surface area contributed by atoms with Crippen molar-refractivity contribution in [2.75, 3.05) is 24.5 Å². The summed E-state index contributed by atoms with van der Waals surface area (Å²) in [6.07, 6.45) is 0. The van der Waals surface area contributed by atoms with Crippen molar-refractivity contribution in [2.45, 2.75) is 27.3 Å². The van der Waals surface area contributed by atoms with Gasteiger partial charge in [-0.25, -0.2) is 0 Å². The summed E-state index contributed by atoms with van der Waals surface area (Å²) in [6, 6.07) is 9.64. The van der Waals surface area contributed by atoms with Gasteiger partial charge in [-0.15, -0.1) is 0 Å². The molecule has 1 aromatic heterocycles. The zero-order valence-electron chi connectivity index (χ0n) is 14.3. The molecular weight excluding hydrogens is 304 g/mol. The van der Waals surface area contributed by atoms with E-state index in [-0.39, 0.29) is 18.4 Å². The van der Waals surface area contributed by atoms with Crippen LogP contribution in [0.3, 0.4) is 0 Å². The first-order chi connectivity index (χ1) is 11.5. The maximum atomic E-state index is 12.6. The molecule has 0 bridgehead atoms. The number of anilines is 1. The average molecular weight is 326 g/mol. The van der Waals surface area contributed by atoms with Crippen LogP contribution in [0.1, 0.15) is 28.7 Å². The maximum absolute atomic E-state index is 12.6. The van der Waals surface area contributed by atoms with Gasteiger partial charge < -0.3 is 9.80 Å². The minimum atomic E-state index is -0.179. The summed E-state index contributed by atoms with van der Waals surface area (Å²) in [4.78, 5) is 28.4. The monoisotopic (exact) mass is 326 g/mol. The lowest BCUT2D eigenvalue weighted by atomic mass is 10.2. The van der Waals surface area contributed by atoms with Gasteiger partial charge in [-0.05, 0) is 39.0 Å². The van der Waals surface area contributed by atoms with Gasteiger partial charge in [0.15, 0.2) is 5.69 Å². The third-order valence-corrected chi connectivity index (χ3v) is 4.35. The highest BCUT2D eigenvalue weighted by Crippen LogP contribution is 2.19. The highest BCUT2D eigenvalue weighted by Gasteiger charge is 2.29. The van der Waals surface area contributed by atoms with Crippen molar-refractivity contribution in [1.29, 1.82) is 0 Å². The number of amides is 2. The van der Waals surface area contributed by atoms with E-state index in [4.69, 9.17) is 0 Å². The first-order valence-corrected chi connectivity index (χ1v) is 8.20. The Labute approximate surface area is 141 Å². The predicted molar refractivity (Wildman–Crippen MR) is 92.1 cm³/mol. The number of hydrogen-bond acceptors (Lipinski definition) is 3. The van der Waals surface area contributed by atoms with Crippen LogP contribution < -0.4 is 4.90 Å². The molecule has 1 aliphatic heterocycles. The summed E-state index contributed by atoms with van der Waals surface area (Å²) in [5.74, 6) is -0.243. The molecule has 1 aromatic carbocycles. The van der Waals surface area contributed by atoms with Crippen LogP contribution in [-0.4, -0.2) is 46.1 Å². The van der Waals surface area contributed by atoms with E-state index in [2.05, 4.69) is 5.10 Å². The maximum Gasteiger partial charge on any atom is 0.274 e. The molecule has 2 heterocycles. The van der Waals surface area contributed by atoms with E-state index in [9.17, 15) is 9.59 Å². The SMILES string of the molecule is CCn1nc(C(=O)N2CCN(c3ccc(C)cc3)C(=O)C2)cc1C. The summed E-state index contributed by atoms with van der Waals surface area (Å²) in [5.41, 5.74) is 3.39. The number of benzene rings is 1. The van der Waals surface area contributed by atoms with E-state index in [1.165, 1.54) is 0 Å². The molecule has 0 atom stereocenters. The second kappa shape index (κ2) is 6.47. The van der Waals surface area contributed by atoms with Crippen molar-refractivity contribution in [3.63, 3.8) is 0 Å². The van der Waals surface area contributed by atoms with Crippen molar-refractivity contribution in [3.8, 4) is 0 Å². The Bertz CT molecular complexity index is 764. The van der Waals surface area contributed by atoms with E-state index in [0.29, 0.717) is 18.8 Å². The highest BCUT2D eigenvalue weighted by atomic mass is 16.2. The molecule has 6 nitrogen and oxygen atoms in total. The second-order valence-corrected chi connectivity index (χ2v) is 6.09. The van der Waals surface area contributed by atoms with Crippen LogP contribution in [0.2, 0.25) is 0 Å². The molecular formula is C18H22N4O2. The largest absolute Gasteiger partial charge is 0.326 e. The Balaban J connectivity index is 1.71. The lowest BCUT2D eigenvalue weighted by Gasteiger charge is -2.34. The Morgan fingerprint density at radius 2 is 1.88 bits per heavy atom. The van der Waals surface area contributed by atoms with Gasteiger partial charge >= 0.3 is 0 Å². The number of rotatable bonds is 3. The first-order valence-electron chi connectivity index (χ1n) is 8.20. The Morgan fingerprint density at radius 1 is 1.17 bits per heavy atom. The number of hydrogen-bond donors (Lipinski definition) is 0. The third-order valence-electron chi connectivity index (χ3n) is 4.35. The fraction of sp³-hybridized carbons (Fsp3) is 0.389. The first kappa shape index (κ1) is 16.2. The van der Waals surface area contributed by atoms with Crippen molar-refractivity contribution in [1.82, 2.24) is 14.7 Å².